The fraction of sp³-hybridized carbons (Fsp3) is 0.450. The average Bonchev–Trinajstić information content (AvgIpc) is 3.06. The number of fused-ring (bicyclic) bond motifs is 1. The molecule has 1 aromatic carbocycles. The summed E-state index contributed by atoms with van der Waals surface area (Å²) >= 11 is 6.47. The lowest BCUT2D eigenvalue weighted by Gasteiger charge is -2.33. The van der Waals surface area contributed by atoms with Crippen LogP contribution in [0.25, 0.3) is 22.6 Å². The molecule has 1 saturated heterocycles. The van der Waals surface area contributed by atoms with Gasteiger partial charge in [-0.15, -0.1) is 0 Å². The van der Waals surface area contributed by atoms with Gasteiger partial charge >= 0.3 is 0 Å². The molecule has 0 unspecified atom stereocenters. The molecule has 1 aliphatic rings. The molecule has 3 heterocycles. The van der Waals surface area contributed by atoms with Gasteiger partial charge in [0.05, 0.1) is 17.7 Å². The molecule has 0 spiro atoms. The molecule has 7 nitrogen and oxygen atoms in total. The molecule has 2 aromatic heterocycles. The number of hydrogen-bond acceptors (Lipinski definition) is 6. The van der Waals surface area contributed by atoms with Crippen molar-refractivity contribution < 1.29 is 5.11 Å². The standard InChI is InChI=1S/C20H25ClN6O/c1-13(12-28)27-18(15-6-4-5-7-16(15)21)24-17-19(22-14(2)23-20(17)27)26-10-8-25(3)9-11-26/h4-7,13,28H,8-12H2,1-3H3/t13-/m1/s1. The van der Waals surface area contributed by atoms with Gasteiger partial charge in [-0.25, -0.2) is 15.0 Å². The molecule has 1 aliphatic heterocycles. The Balaban J connectivity index is 1.95. The summed E-state index contributed by atoms with van der Waals surface area (Å²) in [5, 5.41) is 10.5. The first-order chi connectivity index (χ1) is 13.5. The van der Waals surface area contributed by atoms with Crippen LogP contribution >= 0.6 is 11.6 Å². The predicted octanol–water partition coefficient (Wildman–Crippen LogP) is 2.76. The number of imidazole rings is 1. The molecule has 0 saturated carbocycles. The minimum atomic E-state index is -0.189. The molecular weight excluding hydrogens is 376 g/mol. The molecule has 0 aliphatic carbocycles. The fourth-order valence-electron chi connectivity index (χ4n) is 3.64. The lowest BCUT2D eigenvalue weighted by atomic mass is 10.2. The third-order valence-electron chi connectivity index (χ3n) is 5.26. The van der Waals surface area contributed by atoms with Gasteiger partial charge in [0.25, 0.3) is 0 Å². The summed E-state index contributed by atoms with van der Waals surface area (Å²) in [6, 6.07) is 7.44. The summed E-state index contributed by atoms with van der Waals surface area (Å²) in [4.78, 5) is 18.9. The van der Waals surface area contributed by atoms with E-state index in [1.807, 2.05) is 42.7 Å². The number of hydrogen-bond donors (Lipinski definition) is 1. The largest absolute Gasteiger partial charge is 0.394 e. The van der Waals surface area contributed by atoms with E-state index in [-0.39, 0.29) is 12.6 Å². The Hall–Kier alpha value is -2.22. The van der Waals surface area contributed by atoms with E-state index in [0.29, 0.717) is 16.7 Å². The number of piperazine rings is 1. The van der Waals surface area contributed by atoms with E-state index in [4.69, 9.17) is 21.6 Å². The Morgan fingerprint density at radius 2 is 1.82 bits per heavy atom. The van der Waals surface area contributed by atoms with Crippen molar-refractivity contribution in [1.82, 2.24) is 24.4 Å². The number of halogens is 1. The van der Waals surface area contributed by atoms with Gasteiger partial charge in [-0.2, -0.15) is 0 Å². The lowest BCUT2D eigenvalue weighted by molar-refractivity contribution is 0.242. The molecule has 3 aromatic rings. The third kappa shape index (κ3) is 3.34. The zero-order chi connectivity index (χ0) is 19.8. The first kappa shape index (κ1) is 19.1. The van der Waals surface area contributed by atoms with Crippen LogP contribution in [0.4, 0.5) is 5.82 Å². The molecule has 148 valence electrons. The molecule has 4 rings (SSSR count). The van der Waals surface area contributed by atoms with Crippen LogP contribution in [0.1, 0.15) is 18.8 Å². The van der Waals surface area contributed by atoms with Gasteiger partial charge in [-0.05, 0) is 33.0 Å². The number of aliphatic hydroxyl groups excluding tert-OH is 1. The van der Waals surface area contributed by atoms with Crippen LogP contribution in [-0.4, -0.2) is 69.4 Å². The number of nitrogens with zero attached hydrogens (tertiary/aromatic N) is 6. The van der Waals surface area contributed by atoms with E-state index in [2.05, 4.69) is 21.8 Å². The number of rotatable bonds is 4. The van der Waals surface area contributed by atoms with Crippen LogP contribution in [0.5, 0.6) is 0 Å². The maximum Gasteiger partial charge on any atom is 0.166 e. The summed E-state index contributed by atoms with van der Waals surface area (Å²) in [5.41, 5.74) is 2.31. The SMILES string of the molecule is Cc1nc(N2CCN(C)CC2)c2nc(-c3ccccc3Cl)n([C@H](C)CO)c2n1. The third-order valence-corrected chi connectivity index (χ3v) is 5.59. The lowest BCUT2D eigenvalue weighted by Crippen LogP contribution is -2.45. The van der Waals surface area contributed by atoms with Gasteiger partial charge in [0.1, 0.15) is 11.6 Å². The second-order valence-electron chi connectivity index (χ2n) is 7.37. The fourth-order valence-corrected chi connectivity index (χ4v) is 3.86. The van der Waals surface area contributed by atoms with Crippen LogP contribution in [0, 0.1) is 6.92 Å². The van der Waals surface area contributed by atoms with Gasteiger partial charge in [0.2, 0.25) is 0 Å². The monoisotopic (exact) mass is 400 g/mol. The quantitative estimate of drug-likeness (QED) is 0.726. The normalized spacial score (nSPS) is 16.7. The van der Waals surface area contributed by atoms with Crippen molar-refractivity contribution in [3.63, 3.8) is 0 Å². The summed E-state index contributed by atoms with van der Waals surface area (Å²) in [5.74, 6) is 2.25. The molecule has 1 fully saturated rings. The van der Waals surface area contributed by atoms with Gasteiger partial charge in [0.15, 0.2) is 17.0 Å². The molecule has 1 atom stereocenters. The van der Waals surface area contributed by atoms with E-state index >= 15 is 0 Å². The minimum absolute atomic E-state index is 0.0181. The average molecular weight is 401 g/mol. The van der Waals surface area contributed by atoms with Crippen molar-refractivity contribution in [2.45, 2.75) is 19.9 Å². The zero-order valence-electron chi connectivity index (χ0n) is 16.4. The van der Waals surface area contributed by atoms with Gasteiger partial charge in [-0.3, -0.25) is 0 Å². The second kappa shape index (κ2) is 7.66. The van der Waals surface area contributed by atoms with Crippen molar-refractivity contribution in [3.05, 3.63) is 35.1 Å². The first-order valence-electron chi connectivity index (χ1n) is 9.55. The molecular formula is C20H25ClN6O. The van der Waals surface area contributed by atoms with Crippen LogP contribution in [0.2, 0.25) is 5.02 Å². The minimum Gasteiger partial charge on any atom is -0.394 e. The molecule has 1 N–H and O–H groups in total. The highest BCUT2D eigenvalue weighted by Gasteiger charge is 2.26. The Bertz CT molecular complexity index is 996. The Morgan fingerprint density at radius 3 is 2.50 bits per heavy atom. The van der Waals surface area contributed by atoms with Gasteiger partial charge < -0.3 is 19.5 Å². The summed E-state index contributed by atoms with van der Waals surface area (Å²) in [6.07, 6.45) is 0. The van der Waals surface area contributed by atoms with Crippen LogP contribution in [0.15, 0.2) is 24.3 Å². The van der Waals surface area contributed by atoms with Crippen molar-refractivity contribution >= 4 is 28.6 Å². The van der Waals surface area contributed by atoms with Gasteiger partial charge in [0, 0.05) is 31.7 Å². The number of aryl methyl sites for hydroxylation is 1. The Morgan fingerprint density at radius 1 is 1.11 bits per heavy atom. The van der Waals surface area contributed by atoms with Crippen LogP contribution in [-0.2, 0) is 0 Å². The Labute approximate surface area is 169 Å². The maximum absolute atomic E-state index is 9.88. The predicted molar refractivity (Wildman–Crippen MR) is 112 cm³/mol. The van der Waals surface area contributed by atoms with E-state index in [1.54, 1.807) is 0 Å². The van der Waals surface area contributed by atoms with Crippen molar-refractivity contribution in [3.8, 4) is 11.4 Å². The van der Waals surface area contributed by atoms with E-state index in [0.717, 1.165) is 48.7 Å². The number of benzene rings is 1. The summed E-state index contributed by atoms with van der Waals surface area (Å²) in [6.45, 7) is 7.59. The van der Waals surface area contributed by atoms with E-state index in [1.165, 1.54) is 0 Å². The molecule has 0 amide bonds. The number of aromatic nitrogens is 4. The molecule has 0 bridgehead atoms. The maximum atomic E-state index is 9.88. The zero-order valence-corrected chi connectivity index (χ0v) is 17.2. The summed E-state index contributed by atoms with van der Waals surface area (Å²) < 4.78 is 1.98. The highest BCUT2D eigenvalue weighted by Crippen LogP contribution is 2.34. The summed E-state index contributed by atoms with van der Waals surface area (Å²) in [7, 11) is 2.13. The van der Waals surface area contributed by atoms with E-state index in [9.17, 15) is 5.11 Å². The van der Waals surface area contributed by atoms with E-state index < -0.39 is 0 Å². The van der Waals surface area contributed by atoms with Crippen molar-refractivity contribution in [2.75, 3.05) is 44.7 Å². The molecule has 28 heavy (non-hydrogen) atoms. The van der Waals surface area contributed by atoms with Crippen molar-refractivity contribution in [1.29, 1.82) is 0 Å². The van der Waals surface area contributed by atoms with Gasteiger partial charge in [-0.1, -0.05) is 23.7 Å². The number of likely N-dealkylation sites (N-methyl/N-ethyl adjacent to an activating group) is 1. The first-order valence-corrected chi connectivity index (χ1v) is 9.93. The Kier molecular flexibility index (Phi) is 5.23. The number of anilines is 1. The van der Waals surface area contributed by atoms with Crippen LogP contribution in [0.3, 0.4) is 0 Å². The molecule has 0 radical (unpaired) electrons. The van der Waals surface area contributed by atoms with Crippen molar-refractivity contribution in [2.24, 2.45) is 0 Å². The highest BCUT2D eigenvalue weighted by molar-refractivity contribution is 6.33. The number of aliphatic hydroxyl groups is 1. The smallest absolute Gasteiger partial charge is 0.166 e. The highest BCUT2D eigenvalue weighted by atomic mass is 35.5. The molecule has 8 heteroatoms. The second-order valence-corrected chi connectivity index (χ2v) is 7.78. The topological polar surface area (TPSA) is 70.3 Å². The van der Waals surface area contributed by atoms with Crippen LogP contribution < -0.4 is 4.90 Å².